The number of hydrogen-bond acceptors (Lipinski definition) is 2. The maximum atomic E-state index is 13.5. The van der Waals surface area contributed by atoms with Gasteiger partial charge in [0.25, 0.3) is 0 Å². The van der Waals surface area contributed by atoms with Crippen LogP contribution in [0.2, 0.25) is 0 Å². The first-order valence-corrected chi connectivity index (χ1v) is 5.31. The Morgan fingerprint density at radius 3 is 2.47 bits per heavy atom. The van der Waals surface area contributed by atoms with Gasteiger partial charge in [0, 0.05) is 23.4 Å². The topological polar surface area (TPSA) is 38.9 Å². The summed E-state index contributed by atoms with van der Waals surface area (Å²) in [4.78, 5) is 4.04. The minimum absolute atomic E-state index is 0.0350. The van der Waals surface area contributed by atoms with E-state index in [1.54, 1.807) is 0 Å². The molecule has 0 bridgehead atoms. The van der Waals surface area contributed by atoms with Crippen LogP contribution >= 0.6 is 0 Å². The fraction of sp³-hybridized carbons (Fsp3) is 0.250. The quantitative estimate of drug-likeness (QED) is 0.775. The van der Waals surface area contributed by atoms with Crippen LogP contribution in [0.4, 0.5) is 18.9 Å². The zero-order valence-corrected chi connectivity index (χ0v) is 8.80. The minimum Gasteiger partial charge on any atom is -0.398 e. The van der Waals surface area contributed by atoms with Crippen molar-refractivity contribution in [1.82, 2.24) is 4.98 Å². The van der Waals surface area contributed by atoms with E-state index in [9.17, 15) is 13.2 Å². The molecule has 5 heteroatoms. The maximum absolute atomic E-state index is 13.5. The Kier molecular flexibility index (Phi) is 2.05. The number of hydrogen-bond donors (Lipinski definition) is 1. The van der Waals surface area contributed by atoms with Crippen LogP contribution in [0.3, 0.4) is 0 Å². The van der Waals surface area contributed by atoms with E-state index in [2.05, 4.69) is 4.98 Å². The Morgan fingerprint density at radius 2 is 1.82 bits per heavy atom. The Hall–Kier alpha value is -1.78. The Balaban J connectivity index is 2.38. The highest BCUT2D eigenvalue weighted by atomic mass is 19.2. The molecule has 0 saturated heterocycles. The lowest BCUT2D eigenvalue weighted by molar-refractivity contribution is 0.505. The van der Waals surface area contributed by atoms with Gasteiger partial charge in [-0.1, -0.05) is 0 Å². The van der Waals surface area contributed by atoms with Gasteiger partial charge in [-0.3, -0.25) is 0 Å². The number of nitrogens with two attached hydrogens (primary N) is 1. The van der Waals surface area contributed by atoms with Crippen LogP contribution in [0.25, 0.3) is 10.9 Å². The standard InChI is InChI=1S/C12H9F3N2/c13-6-3-7(14)12-10(11(6)15)8(16)4-9(17-12)5-1-2-5/h3-5H,1-2H2,(H2,16,17). The molecule has 0 spiro atoms. The number of pyridine rings is 1. The summed E-state index contributed by atoms with van der Waals surface area (Å²) >= 11 is 0. The van der Waals surface area contributed by atoms with Gasteiger partial charge in [0.1, 0.15) is 5.52 Å². The second-order valence-electron chi connectivity index (χ2n) is 4.29. The van der Waals surface area contributed by atoms with E-state index in [-0.39, 0.29) is 22.5 Å². The first-order valence-electron chi connectivity index (χ1n) is 5.31. The highest BCUT2D eigenvalue weighted by molar-refractivity contribution is 5.91. The van der Waals surface area contributed by atoms with E-state index in [0.717, 1.165) is 12.8 Å². The van der Waals surface area contributed by atoms with E-state index < -0.39 is 17.5 Å². The monoisotopic (exact) mass is 238 g/mol. The van der Waals surface area contributed by atoms with Crippen LogP contribution < -0.4 is 5.73 Å². The molecule has 0 radical (unpaired) electrons. The van der Waals surface area contributed by atoms with E-state index in [1.807, 2.05) is 0 Å². The lowest BCUT2D eigenvalue weighted by atomic mass is 10.1. The second kappa shape index (κ2) is 3.35. The zero-order chi connectivity index (χ0) is 12.2. The predicted molar refractivity (Wildman–Crippen MR) is 58.0 cm³/mol. The van der Waals surface area contributed by atoms with Gasteiger partial charge in [-0.05, 0) is 18.9 Å². The van der Waals surface area contributed by atoms with Gasteiger partial charge in [0.05, 0.1) is 5.39 Å². The molecule has 2 aromatic rings. The molecular formula is C12H9F3N2. The first-order chi connectivity index (χ1) is 8.08. The molecule has 1 saturated carbocycles. The van der Waals surface area contributed by atoms with Crippen molar-refractivity contribution < 1.29 is 13.2 Å². The zero-order valence-electron chi connectivity index (χ0n) is 8.80. The van der Waals surface area contributed by atoms with Gasteiger partial charge in [-0.2, -0.15) is 0 Å². The van der Waals surface area contributed by atoms with Crippen molar-refractivity contribution in [2.45, 2.75) is 18.8 Å². The molecule has 1 aliphatic carbocycles. The molecule has 1 fully saturated rings. The highest BCUT2D eigenvalue weighted by Gasteiger charge is 2.27. The van der Waals surface area contributed by atoms with Gasteiger partial charge < -0.3 is 5.73 Å². The third-order valence-electron chi connectivity index (χ3n) is 2.97. The summed E-state index contributed by atoms with van der Waals surface area (Å²) in [6, 6.07) is 2.00. The third kappa shape index (κ3) is 1.53. The number of anilines is 1. The molecular weight excluding hydrogens is 229 g/mol. The number of benzene rings is 1. The van der Waals surface area contributed by atoms with Gasteiger partial charge in [0.15, 0.2) is 17.5 Å². The highest BCUT2D eigenvalue weighted by Crippen LogP contribution is 2.41. The van der Waals surface area contributed by atoms with Gasteiger partial charge in [0.2, 0.25) is 0 Å². The SMILES string of the molecule is Nc1cc(C2CC2)nc2c(F)cc(F)c(F)c12. The number of halogens is 3. The lowest BCUT2D eigenvalue weighted by Crippen LogP contribution is -2.00. The predicted octanol–water partition coefficient (Wildman–Crippen LogP) is 3.11. The molecule has 1 aliphatic rings. The van der Waals surface area contributed by atoms with Crippen molar-refractivity contribution in [2.24, 2.45) is 0 Å². The molecule has 88 valence electrons. The molecule has 0 aliphatic heterocycles. The van der Waals surface area contributed by atoms with Crippen LogP contribution in [0, 0.1) is 17.5 Å². The van der Waals surface area contributed by atoms with Crippen molar-refractivity contribution in [3.05, 3.63) is 35.3 Å². The van der Waals surface area contributed by atoms with Crippen molar-refractivity contribution in [2.75, 3.05) is 5.73 Å². The molecule has 1 aromatic carbocycles. The van der Waals surface area contributed by atoms with Crippen LogP contribution in [0.1, 0.15) is 24.5 Å². The summed E-state index contributed by atoms with van der Waals surface area (Å²) in [5.74, 6) is -3.00. The molecule has 0 unspecified atom stereocenters. The minimum atomic E-state index is -1.25. The molecule has 2 nitrogen and oxygen atoms in total. The van der Waals surface area contributed by atoms with Gasteiger partial charge in [-0.25, -0.2) is 18.2 Å². The van der Waals surface area contributed by atoms with Crippen LogP contribution in [0.15, 0.2) is 12.1 Å². The molecule has 0 amide bonds. The molecule has 0 atom stereocenters. The van der Waals surface area contributed by atoms with Gasteiger partial charge >= 0.3 is 0 Å². The normalized spacial score (nSPS) is 15.5. The fourth-order valence-corrected chi connectivity index (χ4v) is 1.94. The average Bonchev–Trinajstić information content (AvgIpc) is 3.09. The first kappa shape index (κ1) is 10.4. The molecule has 3 rings (SSSR count). The maximum Gasteiger partial charge on any atom is 0.170 e. The number of rotatable bonds is 1. The summed E-state index contributed by atoms with van der Waals surface area (Å²) in [6.07, 6.45) is 1.95. The smallest absolute Gasteiger partial charge is 0.170 e. The van der Waals surface area contributed by atoms with Crippen molar-refractivity contribution in [3.63, 3.8) is 0 Å². The number of nitrogen functional groups attached to an aromatic ring is 1. The van der Waals surface area contributed by atoms with Crippen molar-refractivity contribution in [1.29, 1.82) is 0 Å². The summed E-state index contributed by atoms with van der Waals surface area (Å²) in [6.45, 7) is 0. The largest absolute Gasteiger partial charge is 0.398 e. The van der Waals surface area contributed by atoms with Crippen LogP contribution in [0.5, 0.6) is 0 Å². The van der Waals surface area contributed by atoms with Crippen LogP contribution in [-0.2, 0) is 0 Å². The van der Waals surface area contributed by atoms with Crippen molar-refractivity contribution >= 4 is 16.6 Å². The summed E-state index contributed by atoms with van der Waals surface area (Å²) in [5, 5.41) is -0.271. The Morgan fingerprint density at radius 1 is 1.12 bits per heavy atom. The summed E-state index contributed by atoms with van der Waals surface area (Å²) < 4.78 is 40.1. The lowest BCUT2D eigenvalue weighted by Gasteiger charge is -2.07. The van der Waals surface area contributed by atoms with E-state index in [0.29, 0.717) is 11.8 Å². The average molecular weight is 238 g/mol. The van der Waals surface area contributed by atoms with E-state index in [4.69, 9.17) is 5.73 Å². The van der Waals surface area contributed by atoms with Crippen molar-refractivity contribution in [3.8, 4) is 0 Å². The Bertz CT molecular complexity index is 621. The summed E-state index contributed by atoms with van der Waals surface area (Å²) in [5.41, 5.74) is 6.15. The Labute approximate surface area is 95.3 Å². The van der Waals surface area contributed by atoms with E-state index in [1.165, 1.54) is 6.07 Å². The number of nitrogens with zero attached hydrogens (tertiary/aromatic N) is 1. The molecule has 17 heavy (non-hydrogen) atoms. The van der Waals surface area contributed by atoms with Crippen LogP contribution in [-0.4, -0.2) is 4.98 Å². The molecule has 1 heterocycles. The fourth-order valence-electron chi connectivity index (χ4n) is 1.94. The summed E-state index contributed by atoms with van der Waals surface area (Å²) in [7, 11) is 0. The third-order valence-corrected chi connectivity index (χ3v) is 2.97. The molecule has 2 N–H and O–H groups in total. The van der Waals surface area contributed by atoms with E-state index >= 15 is 0 Å². The second-order valence-corrected chi connectivity index (χ2v) is 4.29. The van der Waals surface area contributed by atoms with Gasteiger partial charge in [-0.15, -0.1) is 0 Å². The number of aromatic nitrogens is 1. The number of fused-ring (bicyclic) bond motifs is 1. The molecule has 1 aromatic heterocycles.